The number of hydrogen-bond donors (Lipinski definition) is 2. The minimum atomic E-state index is -0.606. The number of carbonyl (C=O) groups excluding carboxylic acids is 1. The molecule has 2 rings (SSSR count). The van der Waals surface area contributed by atoms with Crippen LogP contribution in [0.1, 0.15) is 15.9 Å². The van der Waals surface area contributed by atoms with Crippen molar-refractivity contribution in [1.29, 1.82) is 0 Å². The van der Waals surface area contributed by atoms with E-state index in [9.17, 15) is 9.90 Å². The lowest BCUT2D eigenvalue weighted by atomic mass is 10.2. The van der Waals surface area contributed by atoms with Crippen molar-refractivity contribution in [1.82, 2.24) is 5.43 Å². The highest BCUT2D eigenvalue weighted by Crippen LogP contribution is 2.30. The molecule has 0 heterocycles. The number of phenolic OH excluding ortho intramolecular Hbond substituents is 1. The number of halogens is 3. The van der Waals surface area contributed by atoms with Gasteiger partial charge in [0.2, 0.25) is 0 Å². The van der Waals surface area contributed by atoms with E-state index in [1.165, 1.54) is 18.3 Å². The van der Waals surface area contributed by atoms with Crippen molar-refractivity contribution in [3.05, 3.63) is 62.0 Å². The van der Waals surface area contributed by atoms with Gasteiger partial charge in [-0.25, -0.2) is 5.43 Å². The molecule has 0 fully saturated rings. The normalized spacial score (nSPS) is 10.8. The molecule has 0 spiro atoms. The molecule has 0 radical (unpaired) electrons. The predicted molar refractivity (Wildman–Crippen MR) is 87.3 cm³/mol. The minimum Gasteiger partial charge on any atom is -0.506 e. The second kappa shape index (κ2) is 6.93. The summed E-state index contributed by atoms with van der Waals surface area (Å²) in [5, 5.41) is 13.8. The number of rotatable bonds is 3. The number of nitrogens with one attached hydrogen (secondary N) is 1. The number of aromatic hydroxyl groups is 1. The zero-order valence-corrected chi connectivity index (χ0v) is 13.6. The minimum absolute atomic E-state index is 0.00420. The molecule has 1 amide bonds. The van der Waals surface area contributed by atoms with E-state index in [1.54, 1.807) is 0 Å². The van der Waals surface area contributed by atoms with Gasteiger partial charge in [-0.15, -0.1) is 0 Å². The summed E-state index contributed by atoms with van der Waals surface area (Å²) in [7, 11) is 0. The van der Waals surface area contributed by atoms with Gasteiger partial charge < -0.3 is 5.11 Å². The summed E-state index contributed by atoms with van der Waals surface area (Å²) in [5.74, 6) is -0.942. The van der Waals surface area contributed by atoms with Gasteiger partial charge in [0.05, 0.1) is 16.8 Å². The zero-order chi connectivity index (χ0) is 15.4. The van der Waals surface area contributed by atoms with Crippen LogP contribution in [-0.4, -0.2) is 17.2 Å². The van der Waals surface area contributed by atoms with Crippen LogP contribution in [0.5, 0.6) is 5.75 Å². The highest BCUT2D eigenvalue weighted by molar-refractivity contribution is 9.10. The van der Waals surface area contributed by atoms with Crippen molar-refractivity contribution in [3.8, 4) is 5.75 Å². The lowest BCUT2D eigenvalue weighted by Crippen LogP contribution is -2.17. The third kappa shape index (κ3) is 4.20. The Balaban J connectivity index is 2.10. The maximum atomic E-state index is 11.9. The molecule has 2 aromatic carbocycles. The molecule has 0 saturated heterocycles. The molecule has 0 atom stereocenters. The average Bonchev–Trinajstić information content (AvgIpc) is 2.44. The number of carbonyl (C=O) groups is 1. The first-order valence-corrected chi connectivity index (χ1v) is 7.29. The second-order valence-electron chi connectivity index (χ2n) is 4.03. The van der Waals surface area contributed by atoms with Crippen molar-refractivity contribution >= 4 is 51.3 Å². The summed E-state index contributed by atoms with van der Waals surface area (Å²) in [4.78, 5) is 11.9. The van der Waals surface area contributed by atoms with E-state index in [0.29, 0.717) is 0 Å². The van der Waals surface area contributed by atoms with Gasteiger partial charge in [0.15, 0.2) is 0 Å². The molecule has 0 aromatic heterocycles. The molecule has 0 saturated carbocycles. The van der Waals surface area contributed by atoms with Gasteiger partial charge in [-0.3, -0.25) is 4.79 Å². The molecule has 0 aliphatic rings. The van der Waals surface area contributed by atoms with Crippen molar-refractivity contribution < 1.29 is 9.90 Å². The largest absolute Gasteiger partial charge is 0.506 e. The van der Waals surface area contributed by atoms with Crippen LogP contribution >= 0.6 is 39.1 Å². The second-order valence-corrected chi connectivity index (χ2v) is 5.79. The summed E-state index contributed by atoms with van der Waals surface area (Å²) in [6.45, 7) is 0. The van der Waals surface area contributed by atoms with E-state index in [1.807, 2.05) is 24.3 Å². The maximum Gasteiger partial charge on any atom is 0.275 e. The van der Waals surface area contributed by atoms with E-state index in [2.05, 4.69) is 26.5 Å². The molecular formula is C14H9BrCl2N2O2. The van der Waals surface area contributed by atoms with Crippen molar-refractivity contribution in [2.45, 2.75) is 0 Å². The molecule has 7 heteroatoms. The summed E-state index contributed by atoms with van der Waals surface area (Å²) >= 11 is 14.9. The number of benzene rings is 2. The summed E-state index contributed by atoms with van der Waals surface area (Å²) < 4.78 is 0.946. The molecule has 0 aliphatic heterocycles. The molecule has 0 aliphatic carbocycles. The van der Waals surface area contributed by atoms with Crippen molar-refractivity contribution in [2.75, 3.05) is 0 Å². The SMILES string of the molecule is O=C(N/N=C\c1ccc(Br)cc1)c1cc(Cl)cc(Cl)c1O. The quantitative estimate of drug-likeness (QED) is 0.611. The van der Waals surface area contributed by atoms with Gasteiger partial charge in [0.25, 0.3) is 5.91 Å². The van der Waals surface area contributed by atoms with Gasteiger partial charge in [-0.05, 0) is 29.8 Å². The Labute approximate surface area is 139 Å². The van der Waals surface area contributed by atoms with E-state index in [0.717, 1.165) is 10.0 Å². The standard InChI is InChI=1S/C14H9BrCl2N2O2/c15-9-3-1-8(2-4-9)7-18-19-14(21)11-5-10(16)6-12(17)13(11)20/h1-7,20H,(H,19,21)/b18-7-. The fourth-order valence-electron chi connectivity index (χ4n) is 1.51. The van der Waals surface area contributed by atoms with Crippen LogP contribution in [0.3, 0.4) is 0 Å². The van der Waals surface area contributed by atoms with Crippen LogP contribution in [0.15, 0.2) is 46.0 Å². The molecule has 0 unspecified atom stereocenters. The molecule has 108 valence electrons. The monoisotopic (exact) mass is 386 g/mol. The molecule has 2 N–H and O–H groups in total. The number of amides is 1. The lowest BCUT2D eigenvalue weighted by Gasteiger charge is -2.05. The van der Waals surface area contributed by atoms with Gasteiger partial charge in [-0.1, -0.05) is 51.3 Å². The fourth-order valence-corrected chi connectivity index (χ4v) is 2.27. The first kappa shape index (κ1) is 15.8. The molecule has 0 bridgehead atoms. The zero-order valence-electron chi connectivity index (χ0n) is 10.5. The first-order chi connectivity index (χ1) is 9.97. The van der Waals surface area contributed by atoms with E-state index < -0.39 is 5.91 Å². The number of hydrazone groups is 1. The third-order valence-corrected chi connectivity index (χ3v) is 3.56. The van der Waals surface area contributed by atoms with E-state index >= 15 is 0 Å². The first-order valence-electron chi connectivity index (χ1n) is 5.74. The predicted octanol–water partition coefficient (Wildman–Crippen LogP) is 4.23. The maximum absolute atomic E-state index is 11.9. The van der Waals surface area contributed by atoms with Gasteiger partial charge >= 0.3 is 0 Å². The van der Waals surface area contributed by atoms with Crippen LogP contribution in [0.4, 0.5) is 0 Å². The van der Waals surface area contributed by atoms with Crippen LogP contribution in [0.2, 0.25) is 10.0 Å². The van der Waals surface area contributed by atoms with E-state index in [4.69, 9.17) is 23.2 Å². The van der Waals surface area contributed by atoms with E-state index in [-0.39, 0.29) is 21.4 Å². The summed E-state index contributed by atoms with van der Waals surface area (Å²) in [6.07, 6.45) is 1.48. The number of phenols is 1. The Hall–Kier alpha value is -1.56. The van der Waals surface area contributed by atoms with Crippen LogP contribution in [0, 0.1) is 0 Å². The summed E-state index contributed by atoms with van der Waals surface area (Å²) in [5.41, 5.74) is 3.07. The topological polar surface area (TPSA) is 61.7 Å². The van der Waals surface area contributed by atoms with Gasteiger partial charge in [0, 0.05) is 9.50 Å². The molecule has 2 aromatic rings. The third-order valence-electron chi connectivity index (χ3n) is 2.52. The number of hydrogen-bond acceptors (Lipinski definition) is 3. The number of nitrogens with zero attached hydrogens (tertiary/aromatic N) is 1. The highest BCUT2D eigenvalue weighted by Gasteiger charge is 2.14. The Morgan fingerprint density at radius 2 is 1.90 bits per heavy atom. The smallest absolute Gasteiger partial charge is 0.275 e. The Morgan fingerprint density at radius 3 is 2.57 bits per heavy atom. The van der Waals surface area contributed by atoms with Crippen LogP contribution in [-0.2, 0) is 0 Å². The Bertz CT molecular complexity index is 703. The highest BCUT2D eigenvalue weighted by atomic mass is 79.9. The van der Waals surface area contributed by atoms with Crippen LogP contribution < -0.4 is 5.43 Å². The van der Waals surface area contributed by atoms with Crippen LogP contribution in [0.25, 0.3) is 0 Å². The van der Waals surface area contributed by atoms with Crippen molar-refractivity contribution in [2.24, 2.45) is 5.10 Å². The fraction of sp³-hybridized carbons (Fsp3) is 0. The molecule has 21 heavy (non-hydrogen) atoms. The van der Waals surface area contributed by atoms with Gasteiger partial charge in [-0.2, -0.15) is 5.10 Å². The van der Waals surface area contributed by atoms with Crippen molar-refractivity contribution in [3.63, 3.8) is 0 Å². The summed E-state index contributed by atoms with van der Waals surface area (Å²) in [6, 6.07) is 10.0. The Kier molecular flexibility index (Phi) is 5.22. The lowest BCUT2D eigenvalue weighted by molar-refractivity contribution is 0.0952. The van der Waals surface area contributed by atoms with Gasteiger partial charge in [0.1, 0.15) is 5.75 Å². The Morgan fingerprint density at radius 1 is 1.24 bits per heavy atom. The average molecular weight is 388 g/mol. The molecule has 4 nitrogen and oxygen atoms in total. The molecular weight excluding hydrogens is 379 g/mol.